The standard InChI is InChI=1S/C10H20N4/c1-5-11-6-8(4)10-12-9(7(2)3)13-14-10/h7-8,11H,5-6H2,1-4H3,(H,12,13,14). The molecular weight excluding hydrogens is 176 g/mol. The predicted molar refractivity (Wildman–Crippen MR) is 57.4 cm³/mol. The first-order chi connectivity index (χ1) is 6.65. The van der Waals surface area contributed by atoms with E-state index in [1.54, 1.807) is 0 Å². The molecule has 4 heteroatoms. The zero-order valence-corrected chi connectivity index (χ0v) is 9.46. The minimum atomic E-state index is 0.395. The molecule has 1 aromatic heterocycles. The zero-order chi connectivity index (χ0) is 10.6. The summed E-state index contributed by atoms with van der Waals surface area (Å²) in [7, 11) is 0. The molecule has 0 saturated heterocycles. The van der Waals surface area contributed by atoms with Crippen molar-refractivity contribution in [3.63, 3.8) is 0 Å². The fraction of sp³-hybridized carbons (Fsp3) is 0.800. The predicted octanol–water partition coefficient (Wildman–Crippen LogP) is 1.64. The van der Waals surface area contributed by atoms with E-state index in [1.165, 1.54) is 0 Å². The number of rotatable bonds is 5. The topological polar surface area (TPSA) is 53.6 Å². The van der Waals surface area contributed by atoms with E-state index >= 15 is 0 Å². The fourth-order valence-corrected chi connectivity index (χ4v) is 1.22. The van der Waals surface area contributed by atoms with Gasteiger partial charge in [-0.05, 0) is 6.54 Å². The van der Waals surface area contributed by atoms with Crippen LogP contribution in [0.15, 0.2) is 0 Å². The lowest BCUT2D eigenvalue weighted by atomic mass is 10.1. The first-order valence-corrected chi connectivity index (χ1v) is 5.28. The average molecular weight is 196 g/mol. The van der Waals surface area contributed by atoms with Crippen molar-refractivity contribution in [1.29, 1.82) is 0 Å². The summed E-state index contributed by atoms with van der Waals surface area (Å²) in [5, 5.41) is 10.5. The number of aromatic amines is 1. The Bertz CT molecular complexity index is 267. The Morgan fingerprint density at radius 1 is 1.36 bits per heavy atom. The summed E-state index contributed by atoms with van der Waals surface area (Å²) >= 11 is 0. The number of H-pyrrole nitrogens is 1. The Labute approximate surface area is 85.5 Å². The number of likely N-dealkylation sites (N-methyl/N-ethyl adjacent to an activating group) is 1. The van der Waals surface area contributed by atoms with Gasteiger partial charge in [-0.2, -0.15) is 5.10 Å². The van der Waals surface area contributed by atoms with E-state index in [4.69, 9.17) is 0 Å². The summed E-state index contributed by atoms with van der Waals surface area (Å²) in [4.78, 5) is 4.46. The van der Waals surface area contributed by atoms with E-state index in [9.17, 15) is 0 Å². The Morgan fingerprint density at radius 2 is 2.07 bits per heavy atom. The molecule has 1 aromatic rings. The van der Waals surface area contributed by atoms with Crippen LogP contribution in [0.4, 0.5) is 0 Å². The monoisotopic (exact) mass is 196 g/mol. The van der Waals surface area contributed by atoms with Gasteiger partial charge < -0.3 is 5.32 Å². The van der Waals surface area contributed by atoms with Crippen molar-refractivity contribution in [1.82, 2.24) is 20.5 Å². The summed E-state index contributed by atoms with van der Waals surface area (Å²) in [6.07, 6.45) is 0. The summed E-state index contributed by atoms with van der Waals surface area (Å²) in [5.41, 5.74) is 0. The van der Waals surface area contributed by atoms with Crippen LogP contribution in [0.25, 0.3) is 0 Å². The second kappa shape index (κ2) is 5.10. The van der Waals surface area contributed by atoms with Crippen LogP contribution in [0.1, 0.15) is 51.2 Å². The van der Waals surface area contributed by atoms with Gasteiger partial charge in [0.15, 0.2) is 5.82 Å². The van der Waals surface area contributed by atoms with Gasteiger partial charge in [0.1, 0.15) is 5.82 Å². The number of nitrogens with one attached hydrogen (secondary N) is 2. The molecule has 1 unspecified atom stereocenters. The van der Waals surface area contributed by atoms with Crippen LogP contribution in [-0.2, 0) is 0 Å². The maximum atomic E-state index is 4.46. The highest BCUT2D eigenvalue weighted by Crippen LogP contribution is 2.13. The normalized spacial score (nSPS) is 13.5. The maximum Gasteiger partial charge on any atom is 0.153 e. The Hall–Kier alpha value is -0.900. The number of nitrogens with zero attached hydrogens (tertiary/aromatic N) is 2. The van der Waals surface area contributed by atoms with Gasteiger partial charge in [-0.25, -0.2) is 4.98 Å². The maximum absolute atomic E-state index is 4.46. The molecule has 0 aliphatic heterocycles. The molecule has 1 heterocycles. The highest BCUT2D eigenvalue weighted by molar-refractivity contribution is 4.99. The van der Waals surface area contributed by atoms with E-state index in [2.05, 4.69) is 48.2 Å². The molecular formula is C10H20N4. The van der Waals surface area contributed by atoms with Crippen molar-refractivity contribution < 1.29 is 0 Å². The van der Waals surface area contributed by atoms with Crippen LogP contribution in [0.3, 0.4) is 0 Å². The molecule has 0 saturated carbocycles. The van der Waals surface area contributed by atoms with Crippen molar-refractivity contribution in [2.75, 3.05) is 13.1 Å². The number of aromatic nitrogens is 3. The van der Waals surface area contributed by atoms with Crippen molar-refractivity contribution in [3.05, 3.63) is 11.6 Å². The minimum Gasteiger partial charge on any atom is -0.316 e. The van der Waals surface area contributed by atoms with Crippen LogP contribution in [0.2, 0.25) is 0 Å². The van der Waals surface area contributed by atoms with Crippen molar-refractivity contribution in [2.24, 2.45) is 0 Å². The van der Waals surface area contributed by atoms with Crippen LogP contribution in [0, 0.1) is 0 Å². The van der Waals surface area contributed by atoms with Crippen LogP contribution >= 0.6 is 0 Å². The Kier molecular flexibility index (Phi) is 4.07. The zero-order valence-electron chi connectivity index (χ0n) is 9.46. The van der Waals surface area contributed by atoms with E-state index in [0.717, 1.165) is 24.7 Å². The van der Waals surface area contributed by atoms with Crippen molar-refractivity contribution >= 4 is 0 Å². The van der Waals surface area contributed by atoms with E-state index < -0.39 is 0 Å². The molecule has 14 heavy (non-hydrogen) atoms. The van der Waals surface area contributed by atoms with Crippen LogP contribution < -0.4 is 5.32 Å². The van der Waals surface area contributed by atoms with Gasteiger partial charge in [0, 0.05) is 18.4 Å². The second-order valence-electron chi connectivity index (χ2n) is 3.94. The first kappa shape index (κ1) is 11.2. The minimum absolute atomic E-state index is 0.395. The molecule has 80 valence electrons. The molecule has 0 aromatic carbocycles. The molecule has 0 amide bonds. The molecule has 0 aliphatic carbocycles. The molecule has 0 spiro atoms. The largest absolute Gasteiger partial charge is 0.316 e. The fourth-order valence-electron chi connectivity index (χ4n) is 1.22. The SMILES string of the molecule is CCNCC(C)c1nc(C(C)C)n[nH]1. The number of hydrogen-bond donors (Lipinski definition) is 2. The third-order valence-electron chi connectivity index (χ3n) is 2.20. The highest BCUT2D eigenvalue weighted by atomic mass is 15.2. The van der Waals surface area contributed by atoms with Gasteiger partial charge in [0.2, 0.25) is 0 Å². The van der Waals surface area contributed by atoms with E-state index in [1.807, 2.05) is 0 Å². The lowest BCUT2D eigenvalue weighted by Gasteiger charge is -2.07. The lowest BCUT2D eigenvalue weighted by molar-refractivity contribution is 0.609. The molecule has 1 atom stereocenters. The lowest BCUT2D eigenvalue weighted by Crippen LogP contribution is -2.20. The second-order valence-corrected chi connectivity index (χ2v) is 3.94. The van der Waals surface area contributed by atoms with E-state index in [-0.39, 0.29) is 0 Å². The van der Waals surface area contributed by atoms with Crippen LogP contribution in [-0.4, -0.2) is 28.3 Å². The summed E-state index contributed by atoms with van der Waals surface area (Å²) in [5.74, 6) is 2.68. The van der Waals surface area contributed by atoms with Crippen LogP contribution in [0.5, 0.6) is 0 Å². The van der Waals surface area contributed by atoms with Gasteiger partial charge in [0.05, 0.1) is 0 Å². The van der Waals surface area contributed by atoms with Gasteiger partial charge in [-0.15, -0.1) is 0 Å². The van der Waals surface area contributed by atoms with Crippen molar-refractivity contribution in [3.8, 4) is 0 Å². The summed E-state index contributed by atoms with van der Waals surface area (Å²) < 4.78 is 0. The third-order valence-corrected chi connectivity index (χ3v) is 2.20. The Morgan fingerprint density at radius 3 is 2.57 bits per heavy atom. The molecule has 0 fully saturated rings. The number of hydrogen-bond acceptors (Lipinski definition) is 3. The summed E-state index contributed by atoms with van der Waals surface area (Å²) in [6.45, 7) is 10.4. The smallest absolute Gasteiger partial charge is 0.153 e. The third kappa shape index (κ3) is 2.80. The molecule has 1 rings (SSSR count). The molecule has 4 nitrogen and oxygen atoms in total. The van der Waals surface area contributed by atoms with Gasteiger partial charge >= 0.3 is 0 Å². The van der Waals surface area contributed by atoms with Crippen molar-refractivity contribution in [2.45, 2.75) is 39.5 Å². The molecule has 0 bridgehead atoms. The van der Waals surface area contributed by atoms with Gasteiger partial charge in [0.25, 0.3) is 0 Å². The average Bonchev–Trinajstić information content (AvgIpc) is 2.62. The Balaban J connectivity index is 2.57. The quantitative estimate of drug-likeness (QED) is 0.752. The molecule has 0 aliphatic rings. The highest BCUT2D eigenvalue weighted by Gasteiger charge is 2.12. The van der Waals surface area contributed by atoms with Gasteiger partial charge in [-0.3, -0.25) is 5.10 Å². The molecule has 2 N–H and O–H groups in total. The van der Waals surface area contributed by atoms with E-state index in [0.29, 0.717) is 11.8 Å². The van der Waals surface area contributed by atoms with Gasteiger partial charge in [-0.1, -0.05) is 27.7 Å². The first-order valence-electron chi connectivity index (χ1n) is 5.28. The summed E-state index contributed by atoms with van der Waals surface area (Å²) in [6, 6.07) is 0. The molecule has 0 radical (unpaired) electrons.